The molecular weight excluding hydrogens is 536 g/mol. The van der Waals surface area contributed by atoms with Crippen molar-refractivity contribution in [2.75, 3.05) is 13.2 Å². The van der Waals surface area contributed by atoms with Crippen LogP contribution < -0.4 is 4.74 Å². The van der Waals surface area contributed by atoms with Gasteiger partial charge in [0.1, 0.15) is 12.4 Å². The summed E-state index contributed by atoms with van der Waals surface area (Å²) in [6.45, 7) is 0.195. The Morgan fingerprint density at radius 2 is 1.20 bits per heavy atom. The van der Waals surface area contributed by atoms with Crippen LogP contribution in [0.5, 0.6) is 5.75 Å². The van der Waals surface area contributed by atoms with Gasteiger partial charge in [0.15, 0.2) is 0 Å². The summed E-state index contributed by atoms with van der Waals surface area (Å²) in [5.41, 5.74) is 6.77. The molecule has 0 radical (unpaired) electrons. The lowest BCUT2D eigenvalue weighted by atomic mass is 9.62. The zero-order valence-corrected chi connectivity index (χ0v) is 24.4. The molecule has 1 aliphatic carbocycles. The third-order valence-corrected chi connectivity index (χ3v) is 9.24. The number of fused-ring (bicyclic) bond motifs is 4. The maximum absolute atomic E-state index is 9.71. The predicted octanol–water partition coefficient (Wildman–Crippen LogP) is 9.94. The molecule has 7 aromatic carbocycles. The van der Waals surface area contributed by atoms with Gasteiger partial charge in [0, 0.05) is 11.0 Å². The highest BCUT2D eigenvalue weighted by atomic mass is 16.5. The van der Waals surface area contributed by atoms with Crippen molar-refractivity contribution in [1.29, 1.82) is 0 Å². The third kappa shape index (κ3) is 4.22. The van der Waals surface area contributed by atoms with Crippen LogP contribution in [0.2, 0.25) is 0 Å². The fourth-order valence-corrected chi connectivity index (χ4v) is 7.26. The smallest absolute Gasteiger partial charge is 0.127 e. The van der Waals surface area contributed by atoms with E-state index >= 15 is 0 Å². The van der Waals surface area contributed by atoms with Gasteiger partial charge in [0.25, 0.3) is 0 Å². The molecule has 0 saturated heterocycles. The van der Waals surface area contributed by atoms with Gasteiger partial charge in [-0.2, -0.15) is 0 Å². The Kier molecular flexibility index (Phi) is 6.51. The van der Waals surface area contributed by atoms with Crippen LogP contribution in [0.15, 0.2) is 146 Å². The lowest BCUT2D eigenvalue weighted by Crippen LogP contribution is -2.32. The molecule has 0 saturated carbocycles. The van der Waals surface area contributed by atoms with Crippen molar-refractivity contribution in [2.45, 2.75) is 11.8 Å². The highest BCUT2D eigenvalue weighted by Crippen LogP contribution is 2.53. The molecular formula is C42H32O2. The predicted molar refractivity (Wildman–Crippen MR) is 183 cm³/mol. The van der Waals surface area contributed by atoms with Crippen LogP contribution in [0.25, 0.3) is 49.5 Å². The molecule has 2 heteroatoms. The molecule has 0 amide bonds. The summed E-state index contributed by atoms with van der Waals surface area (Å²) < 4.78 is 6.27. The first-order valence-corrected chi connectivity index (χ1v) is 15.3. The van der Waals surface area contributed by atoms with Crippen molar-refractivity contribution in [3.63, 3.8) is 0 Å². The molecule has 8 rings (SSSR count). The van der Waals surface area contributed by atoms with Crippen molar-refractivity contribution in [2.24, 2.45) is 0 Å². The van der Waals surface area contributed by atoms with Gasteiger partial charge < -0.3 is 9.84 Å². The van der Waals surface area contributed by atoms with E-state index in [1.54, 1.807) is 0 Å². The van der Waals surface area contributed by atoms with Crippen LogP contribution in [0.3, 0.4) is 0 Å². The van der Waals surface area contributed by atoms with Crippen molar-refractivity contribution < 1.29 is 9.84 Å². The average molecular weight is 569 g/mol. The number of rotatable bonds is 6. The lowest BCUT2D eigenvalue weighted by Gasteiger charge is -2.40. The Morgan fingerprint density at radius 1 is 0.591 bits per heavy atom. The van der Waals surface area contributed by atoms with Crippen molar-refractivity contribution in [1.82, 2.24) is 0 Å². The zero-order chi connectivity index (χ0) is 29.5. The quantitative estimate of drug-likeness (QED) is 0.216. The van der Waals surface area contributed by atoms with Gasteiger partial charge in [-0.05, 0) is 84.8 Å². The molecule has 7 aromatic rings. The molecule has 1 aliphatic rings. The van der Waals surface area contributed by atoms with E-state index in [-0.39, 0.29) is 13.2 Å². The van der Waals surface area contributed by atoms with E-state index in [1.165, 1.54) is 43.8 Å². The second kappa shape index (κ2) is 10.8. The molecule has 0 unspecified atom stereocenters. The molecule has 212 valence electrons. The largest absolute Gasteiger partial charge is 0.491 e. The minimum absolute atomic E-state index is 0.0416. The topological polar surface area (TPSA) is 29.5 Å². The number of hydrogen-bond acceptors (Lipinski definition) is 2. The summed E-state index contributed by atoms with van der Waals surface area (Å²) in [6.07, 6.45) is 5.44. The van der Waals surface area contributed by atoms with Gasteiger partial charge in [0.2, 0.25) is 0 Å². The SMILES string of the molecule is OCCOc1ccc2ccccc2c1-c1cccc2c1C(c1ccc3ccccc3c1)(c1ccc3ccccc3c1)CC=C2. The van der Waals surface area contributed by atoms with Gasteiger partial charge in [-0.25, -0.2) is 0 Å². The maximum atomic E-state index is 9.71. The Bertz CT molecular complexity index is 2130. The molecule has 2 nitrogen and oxygen atoms in total. The number of aliphatic hydroxyl groups excluding tert-OH is 1. The fraction of sp³-hybridized carbons (Fsp3) is 0.0952. The normalized spacial score (nSPS) is 13.8. The number of hydrogen-bond donors (Lipinski definition) is 1. The standard InChI is InChI=1S/C42H32O2/c43-25-26-44-39-23-20-31-11-5-6-16-37(31)40(39)38-17-7-14-32-15-8-24-42(41(32)38,35-21-18-29-9-1-3-12-33(29)27-35)36-22-19-30-10-2-4-13-34(30)28-36/h1-23,27-28,43H,24-26H2. The van der Waals surface area contributed by atoms with E-state index in [0.29, 0.717) is 0 Å². The van der Waals surface area contributed by atoms with Crippen molar-refractivity contribution in [3.05, 3.63) is 168 Å². The van der Waals surface area contributed by atoms with Crippen molar-refractivity contribution in [3.8, 4) is 16.9 Å². The summed E-state index contributed by atoms with van der Waals surface area (Å²) in [5.74, 6) is 0.784. The molecule has 0 fully saturated rings. The lowest BCUT2D eigenvalue weighted by molar-refractivity contribution is 0.202. The van der Waals surface area contributed by atoms with Crippen LogP contribution in [0.4, 0.5) is 0 Å². The van der Waals surface area contributed by atoms with Crippen molar-refractivity contribution >= 4 is 38.4 Å². The number of allylic oxidation sites excluding steroid dienone is 1. The minimum atomic E-state index is -0.458. The Balaban J connectivity index is 1.50. The van der Waals surface area contributed by atoms with Gasteiger partial charge in [-0.15, -0.1) is 0 Å². The van der Waals surface area contributed by atoms with Crippen LogP contribution >= 0.6 is 0 Å². The Morgan fingerprint density at radius 3 is 1.89 bits per heavy atom. The van der Waals surface area contributed by atoms with E-state index in [2.05, 4.69) is 152 Å². The summed E-state index contributed by atoms with van der Waals surface area (Å²) in [5, 5.41) is 16.9. The van der Waals surface area contributed by atoms with E-state index in [0.717, 1.165) is 34.1 Å². The number of benzene rings is 7. The summed E-state index contributed by atoms with van der Waals surface area (Å²) in [7, 11) is 0. The van der Waals surface area contributed by atoms with Crippen LogP contribution in [-0.4, -0.2) is 18.3 Å². The fourth-order valence-electron chi connectivity index (χ4n) is 7.26. The molecule has 0 aliphatic heterocycles. The maximum Gasteiger partial charge on any atom is 0.127 e. The first-order chi connectivity index (χ1) is 21.8. The van der Waals surface area contributed by atoms with E-state index in [1.807, 2.05) is 0 Å². The van der Waals surface area contributed by atoms with Gasteiger partial charge >= 0.3 is 0 Å². The molecule has 0 atom stereocenters. The molecule has 0 aromatic heterocycles. The molecule has 44 heavy (non-hydrogen) atoms. The minimum Gasteiger partial charge on any atom is -0.491 e. The molecule has 0 spiro atoms. The zero-order valence-electron chi connectivity index (χ0n) is 24.4. The van der Waals surface area contributed by atoms with Gasteiger partial charge in [0.05, 0.1) is 6.61 Å². The second-order valence-corrected chi connectivity index (χ2v) is 11.6. The highest BCUT2D eigenvalue weighted by molar-refractivity contribution is 6.02. The van der Waals surface area contributed by atoms with E-state index < -0.39 is 5.41 Å². The average Bonchev–Trinajstić information content (AvgIpc) is 3.09. The second-order valence-electron chi connectivity index (χ2n) is 11.6. The van der Waals surface area contributed by atoms with E-state index in [9.17, 15) is 5.11 Å². The third-order valence-electron chi connectivity index (χ3n) is 9.24. The molecule has 0 bridgehead atoms. The molecule has 1 N–H and O–H groups in total. The van der Waals surface area contributed by atoms with Gasteiger partial charge in [-0.3, -0.25) is 0 Å². The molecule has 0 heterocycles. The van der Waals surface area contributed by atoms with Crippen LogP contribution in [-0.2, 0) is 5.41 Å². The summed E-state index contributed by atoms with van der Waals surface area (Å²) in [4.78, 5) is 0. The Hall–Kier alpha value is -5.18. The number of aliphatic hydroxyl groups is 1. The Labute approximate surface area is 257 Å². The number of ether oxygens (including phenoxy) is 1. The van der Waals surface area contributed by atoms with Gasteiger partial charge in [-0.1, -0.05) is 133 Å². The summed E-state index contributed by atoms with van der Waals surface area (Å²) in [6, 6.07) is 50.5. The summed E-state index contributed by atoms with van der Waals surface area (Å²) >= 11 is 0. The first-order valence-electron chi connectivity index (χ1n) is 15.3. The highest BCUT2D eigenvalue weighted by Gasteiger charge is 2.41. The van der Waals surface area contributed by atoms with Crippen LogP contribution in [0.1, 0.15) is 28.7 Å². The first kappa shape index (κ1) is 26.4. The van der Waals surface area contributed by atoms with Crippen LogP contribution in [0, 0.1) is 0 Å². The monoisotopic (exact) mass is 568 g/mol. The van der Waals surface area contributed by atoms with E-state index in [4.69, 9.17) is 4.74 Å².